The van der Waals surface area contributed by atoms with Gasteiger partial charge in [0.05, 0.1) is 6.10 Å². The van der Waals surface area contributed by atoms with Gasteiger partial charge >= 0.3 is 0 Å². The molecule has 0 spiro atoms. The number of primary amides is 1. The van der Waals surface area contributed by atoms with Gasteiger partial charge in [-0.2, -0.15) is 0 Å². The number of methoxy groups -OCH3 is 1. The van der Waals surface area contributed by atoms with E-state index in [2.05, 4.69) is 4.74 Å². The number of ether oxygens (including phenoxy) is 2. The normalized spacial score (nSPS) is 13.6. The molecule has 0 aliphatic rings. The minimum Gasteiger partial charge on any atom is -0.365 e. The van der Waals surface area contributed by atoms with Gasteiger partial charge in [-0.15, -0.1) is 0 Å². The monoisotopic (exact) mass is 147 g/mol. The van der Waals surface area contributed by atoms with Crippen LogP contribution in [0.5, 0.6) is 0 Å². The molecular weight excluding hydrogens is 134 g/mol. The fourth-order valence-electron chi connectivity index (χ4n) is 0.486. The second-order valence-electron chi connectivity index (χ2n) is 2.15. The van der Waals surface area contributed by atoms with Gasteiger partial charge in [0.25, 0.3) is 5.91 Å². The number of carbonyl (C=O) groups is 1. The van der Waals surface area contributed by atoms with Crippen LogP contribution in [0.4, 0.5) is 0 Å². The Morgan fingerprint density at radius 1 is 1.50 bits per heavy atom. The van der Waals surface area contributed by atoms with Crippen LogP contribution in [0.15, 0.2) is 0 Å². The highest BCUT2D eigenvalue weighted by molar-refractivity contribution is 5.77. The lowest BCUT2D eigenvalue weighted by molar-refractivity contribution is -0.170. The maximum atomic E-state index is 10.4. The van der Waals surface area contributed by atoms with Crippen molar-refractivity contribution in [1.29, 1.82) is 0 Å². The van der Waals surface area contributed by atoms with E-state index in [1.165, 1.54) is 7.11 Å². The van der Waals surface area contributed by atoms with Crippen molar-refractivity contribution in [2.45, 2.75) is 26.2 Å². The zero-order valence-corrected chi connectivity index (χ0v) is 6.46. The van der Waals surface area contributed by atoms with Crippen LogP contribution in [0.3, 0.4) is 0 Å². The molecule has 1 amide bonds. The minimum atomic E-state index is -0.917. The molecule has 1 atom stereocenters. The lowest BCUT2D eigenvalue weighted by atomic mass is 10.5. The number of hydrogen-bond acceptors (Lipinski definition) is 3. The third kappa shape index (κ3) is 3.42. The van der Waals surface area contributed by atoms with E-state index in [1.807, 2.05) is 0 Å². The molecule has 0 aliphatic heterocycles. The van der Waals surface area contributed by atoms with Crippen LogP contribution in [-0.2, 0) is 14.3 Å². The Bertz CT molecular complexity index is 114. The van der Waals surface area contributed by atoms with Crippen molar-refractivity contribution >= 4 is 5.91 Å². The highest BCUT2D eigenvalue weighted by Gasteiger charge is 2.15. The first-order valence-corrected chi connectivity index (χ1v) is 3.05. The molecule has 0 bridgehead atoms. The SMILES string of the molecule is COC(OC(C)C)C(N)=O. The summed E-state index contributed by atoms with van der Waals surface area (Å²) in [7, 11) is 1.37. The van der Waals surface area contributed by atoms with Crippen molar-refractivity contribution < 1.29 is 14.3 Å². The second-order valence-corrected chi connectivity index (χ2v) is 2.15. The van der Waals surface area contributed by atoms with E-state index < -0.39 is 12.2 Å². The van der Waals surface area contributed by atoms with Crippen molar-refractivity contribution in [1.82, 2.24) is 0 Å². The maximum Gasteiger partial charge on any atom is 0.274 e. The van der Waals surface area contributed by atoms with Gasteiger partial charge in [-0.25, -0.2) is 0 Å². The van der Waals surface area contributed by atoms with Crippen LogP contribution in [0.25, 0.3) is 0 Å². The van der Waals surface area contributed by atoms with Crippen molar-refractivity contribution in [2.75, 3.05) is 7.11 Å². The molecule has 0 fully saturated rings. The first-order valence-electron chi connectivity index (χ1n) is 3.05. The molecule has 0 heterocycles. The van der Waals surface area contributed by atoms with E-state index in [0.717, 1.165) is 0 Å². The van der Waals surface area contributed by atoms with Crippen molar-refractivity contribution in [2.24, 2.45) is 5.73 Å². The third-order valence-electron chi connectivity index (χ3n) is 0.842. The van der Waals surface area contributed by atoms with Gasteiger partial charge in [0.15, 0.2) is 0 Å². The Balaban J connectivity index is 3.72. The standard InChI is InChI=1S/C6H13NO3/c1-4(2)10-6(9-3)5(7)8/h4,6H,1-3H3,(H2,7,8). The van der Waals surface area contributed by atoms with Crippen LogP contribution in [0.1, 0.15) is 13.8 Å². The second kappa shape index (κ2) is 4.24. The van der Waals surface area contributed by atoms with E-state index in [-0.39, 0.29) is 6.10 Å². The number of amides is 1. The summed E-state index contributed by atoms with van der Waals surface area (Å²) in [6.45, 7) is 3.60. The quantitative estimate of drug-likeness (QED) is 0.563. The van der Waals surface area contributed by atoms with Crippen LogP contribution < -0.4 is 5.73 Å². The smallest absolute Gasteiger partial charge is 0.274 e. The Hall–Kier alpha value is -0.610. The Kier molecular flexibility index (Phi) is 3.99. The first kappa shape index (κ1) is 9.39. The van der Waals surface area contributed by atoms with Crippen molar-refractivity contribution in [3.63, 3.8) is 0 Å². The molecule has 10 heavy (non-hydrogen) atoms. The van der Waals surface area contributed by atoms with Gasteiger partial charge in [-0.3, -0.25) is 4.79 Å². The number of hydrogen-bond donors (Lipinski definition) is 1. The van der Waals surface area contributed by atoms with Crippen LogP contribution in [0.2, 0.25) is 0 Å². The Labute approximate surface area is 60.3 Å². The summed E-state index contributed by atoms with van der Waals surface area (Å²) in [5, 5.41) is 0. The zero-order valence-electron chi connectivity index (χ0n) is 6.46. The molecule has 0 saturated carbocycles. The summed E-state index contributed by atoms with van der Waals surface area (Å²) in [4.78, 5) is 10.4. The predicted molar refractivity (Wildman–Crippen MR) is 36.2 cm³/mol. The molecule has 0 aliphatic carbocycles. The average molecular weight is 147 g/mol. The van der Waals surface area contributed by atoms with Gasteiger partial charge in [0.2, 0.25) is 6.29 Å². The van der Waals surface area contributed by atoms with Crippen LogP contribution in [-0.4, -0.2) is 25.4 Å². The molecule has 4 heteroatoms. The molecule has 0 aromatic heterocycles. The lowest BCUT2D eigenvalue weighted by Gasteiger charge is -2.14. The van der Waals surface area contributed by atoms with E-state index in [9.17, 15) is 4.79 Å². The molecule has 4 nitrogen and oxygen atoms in total. The maximum absolute atomic E-state index is 10.4. The van der Waals surface area contributed by atoms with E-state index in [1.54, 1.807) is 13.8 Å². The largest absolute Gasteiger partial charge is 0.365 e. The molecular formula is C6H13NO3. The summed E-state index contributed by atoms with van der Waals surface area (Å²) in [5.74, 6) is -0.601. The zero-order chi connectivity index (χ0) is 8.15. The topological polar surface area (TPSA) is 61.6 Å². The number of nitrogens with two attached hydrogens (primary N) is 1. The molecule has 2 N–H and O–H groups in total. The van der Waals surface area contributed by atoms with Crippen molar-refractivity contribution in [3.8, 4) is 0 Å². The van der Waals surface area contributed by atoms with E-state index in [4.69, 9.17) is 10.5 Å². The van der Waals surface area contributed by atoms with Gasteiger partial charge in [0.1, 0.15) is 0 Å². The average Bonchev–Trinajstić information content (AvgIpc) is 1.81. The van der Waals surface area contributed by atoms with Gasteiger partial charge in [-0.1, -0.05) is 0 Å². The molecule has 0 rings (SSSR count). The highest BCUT2D eigenvalue weighted by Crippen LogP contribution is 1.96. The first-order chi connectivity index (χ1) is 4.57. The molecule has 0 aromatic rings. The Morgan fingerprint density at radius 3 is 2.10 bits per heavy atom. The fraction of sp³-hybridized carbons (Fsp3) is 0.833. The summed E-state index contributed by atoms with van der Waals surface area (Å²) in [5.41, 5.74) is 4.91. The molecule has 0 aromatic carbocycles. The van der Waals surface area contributed by atoms with Gasteiger partial charge in [-0.05, 0) is 13.8 Å². The molecule has 0 radical (unpaired) electrons. The summed E-state index contributed by atoms with van der Waals surface area (Å²) in [6.07, 6.45) is -0.975. The summed E-state index contributed by atoms with van der Waals surface area (Å²) < 4.78 is 9.59. The van der Waals surface area contributed by atoms with E-state index >= 15 is 0 Å². The van der Waals surface area contributed by atoms with E-state index in [0.29, 0.717) is 0 Å². The number of rotatable bonds is 4. The minimum absolute atomic E-state index is 0.0579. The summed E-state index contributed by atoms with van der Waals surface area (Å²) in [6, 6.07) is 0. The predicted octanol–water partition coefficient (Wildman–Crippen LogP) is -0.131. The lowest BCUT2D eigenvalue weighted by Crippen LogP contribution is -2.34. The van der Waals surface area contributed by atoms with Gasteiger partial charge < -0.3 is 15.2 Å². The van der Waals surface area contributed by atoms with Crippen LogP contribution in [0, 0.1) is 0 Å². The highest BCUT2D eigenvalue weighted by atomic mass is 16.7. The number of carbonyl (C=O) groups excluding carboxylic acids is 1. The fourth-order valence-corrected chi connectivity index (χ4v) is 0.486. The summed E-state index contributed by atoms with van der Waals surface area (Å²) >= 11 is 0. The third-order valence-corrected chi connectivity index (χ3v) is 0.842. The van der Waals surface area contributed by atoms with Crippen molar-refractivity contribution in [3.05, 3.63) is 0 Å². The molecule has 1 unspecified atom stereocenters. The van der Waals surface area contributed by atoms with Crippen LogP contribution >= 0.6 is 0 Å². The Morgan fingerprint density at radius 2 is 2.00 bits per heavy atom. The molecule has 0 saturated heterocycles. The molecule has 60 valence electrons. The van der Waals surface area contributed by atoms with Gasteiger partial charge in [0, 0.05) is 7.11 Å².